The molecule has 0 aromatic carbocycles. The average Bonchev–Trinajstić information content (AvgIpc) is 2.99. The van der Waals surface area contributed by atoms with Gasteiger partial charge in [-0.2, -0.15) is 0 Å². The Labute approximate surface area is 111 Å². The van der Waals surface area contributed by atoms with E-state index in [1.54, 1.807) is 22.7 Å². The lowest BCUT2D eigenvalue weighted by Crippen LogP contribution is -1.66. The van der Waals surface area contributed by atoms with Crippen molar-refractivity contribution in [2.24, 2.45) is 0 Å². The van der Waals surface area contributed by atoms with Gasteiger partial charge in [-0.1, -0.05) is 35.7 Å². The zero-order valence-electron chi connectivity index (χ0n) is 8.25. The van der Waals surface area contributed by atoms with E-state index in [4.69, 9.17) is 0 Å². The molecule has 80 valence electrons. The molecule has 0 radical (unpaired) electrons. The van der Waals surface area contributed by atoms with Gasteiger partial charge in [0.05, 0.1) is 4.24 Å². The van der Waals surface area contributed by atoms with E-state index in [0.29, 0.717) is 0 Å². The van der Waals surface area contributed by atoms with Gasteiger partial charge in [0, 0.05) is 14.7 Å². The summed E-state index contributed by atoms with van der Waals surface area (Å²) in [5.41, 5.74) is 0. The Hall–Kier alpha value is -0.420. The van der Waals surface area contributed by atoms with Crippen LogP contribution < -0.4 is 0 Å². The molecule has 3 rings (SSSR count). The zero-order valence-corrected chi connectivity index (χ0v) is 11.5. The average molecular weight is 280 g/mol. The first-order valence-electron chi connectivity index (χ1n) is 4.75. The summed E-state index contributed by atoms with van der Waals surface area (Å²) < 4.78 is 1.37. The fraction of sp³-hybridized carbons (Fsp3) is 0. The Morgan fingerprint density at radius 3 is 2.62 bits per heavy atom. The van der Waals surface area contributed by atoms with Gasteiger partial charge in [-0.15, -0.1) is 22.7 Å². The smallest absolute Gasteiger partial charge is 0.0507 e. The maximum absolute atomic E-state index is 2.26. The second-order valence-electron chi connectivity index (χ2n) is 3.16. The number of hydrogen-bond donors (Lipinski definition) is 0. The lowest BCUT2D eigenvalue weighted by Gasteiger charge is -1.96. The zero-order chi connectivity index (χ0) is 10.8. The van der Waals surface area contributed by atoms with Crippen LogP contribution in [0.5, 0.6) is 0 Å². The van der Waals surface area contributed by atoms with Crippen molar-refractivity contribution >= 4 is 57.2 Å². The van der Waals surface area contributed by atoms with Crippen molar-refractivity contribution < 1.29 is 0 Å². The molecule has 16 heavy (non-hydrogen) atoms. The number of hydrogen-bond acceptors (Lipinski definition) is 4. The Kier molecular flexibility index (Phi) is 3.24. The van der Waals surface area contributed by atoms with Crippen LogP contribution in [0, 0.1) is 0 Å². The molecule has 1 aliphatic rings. The molecule has 0 bridgehead atoms. The van der Waals surface area contributed by atoms with Crippen molar-refractivity contribution in [1.82, 2.24) is 0 Å². The molecular formula is C12H8S4. The second-order valence-corrected chi connectivity index (χ2v) is 7.34. The Morgan fingerprint density at radius 2 is 1.88 bits per heavy atom. The molecule has 2 aromatic rings. The summed E-state index contributed by atoms with van der Waals surface area (Å²) in [5, 5.41) is 6.49. The molecule has 0 saturated heterocycles. The van der Waals surface area contributed by atoms with Gasteiger partial charge < -0.3 is 0 Å². The van der Waals surface area contributed by atoms with Crippen molar-refractivity contribution in [3.63, 3.8) is 0 Å². The summed E-state index contributed by atoms with van der Waals surface area (Å²) in [6, 6.07) is 8.53. The Morgan fingerprint density at radius 1 is 1.00 bits per heavy atom. The third kappa shape index (κ3) is 2.30. The Balaban J connectivity index is 1.77. The van der Waals surface area contributed by atoms with Crippen molar-refractivity contribution in [3.8, 4) is 0 Å². The highest BCUT2D eigenvalue weighted by atomic mass is 32.2. The van der Waals surface area contributed by atoms with Gasteiger partial charge in [0.15, 0.2) is 0 Å². The summed E-state index contributed by atoms with van der Waals surface area (Å²) in [7, 11) is 0. The minimum atomic E-state index is 1.33. The molecule has 0 N–H and O–H groups in total. The van der Waals surface area contributed by atoms with Crippen LogP contribution in [0.2, 0.25) is 0 Å². The van der Waals surface area contributed by atoms with Gasteiger partial charge in [0.2, 0.25) is 0 Å². The fourth-order valence-electron chi connectivity index (χ4n) is 1.35. The van der Waals surface area contributed by atoms with Crippen LogP contribution >= 0.6 is 46.2 Å². The first-order chi connectivity index (χ1) is 7.92. The quantitative estimate of drug-likeness (QED) is 0.703. The molecule has 0 fully saturated rings. The third-order valence-corrected chi connectivity index (χ3v) is 6.18. The normalized spacial score (nSPS) is 18.0. The van der Waals surface area contributed by atoms with Gasteiger partial charge >= 0.3 is 0 Å². The van der Waals surface area contributed by atoms with E-state index in [9.17, 15) is 0 Å². The van der Waals surface area contributed by atoms with Crippen molar-refractivity contribution in [2.75, 3.05) is 0 Å². The SMILES string of the molecule is C1=C(c2cccs2)S/C(=C/c2cccs2)S1. The first-order valence-corrected chi connectivity index (χ1v) is 8.21. The topological polar surface area (TPSA) is 0 Å². The van der Waals surface area contributed by atoms with Crippen molar-refractivity contribution in [3.05, 3.63) is 54.4 Å². The van der Waals surface area contributed by atoms with Crippen LogP contribution in [0.1, 0.15) is 9.75 Å². The second kappa shape index (κ2) is 4.84. The van der Waals surface area contributed by atoms with Crippen LogP contribution in [-0.4, -0.2) is 0 Å². The summed E-state index contributed by atoms with van der Waals surface area (Å²) in [4.78, 5) is 4.07. The van der Waals surface area contributed by atoms with Gasteiger partial charge in [-0.25, -0.2) is 0 Å². The Bertz CT molecular complexity index is 517. The number of rotatable bonds is 2. The van der Waals surface area contributed by atoms with Crippen molar-refractivity contribution in [1.29, 1.82) is 0 Å². The highest BCUT2D eigenvalue weighted by Crippen LogP contribution is 2.50. The maximum atomic E-state index is 2.26. The molecule has 3 heterocycles. The fourth-order valence-corrected chi connectivity index (χ4v) is 5.19. The molecule has 0 unspecified atom stereocenters. The minimum Gasteiger partial charge on any atom is -0.144 e. The lowest BCUT2D eigenvalue weighted by molar-refractivity contribution is 1.95. The van der Waals surface area contributed by atoms with Crippen molar-refractivity contribution in [2.45, 2.75) is 0 Å². The van der Waals surface area contributed by atoms with Gasteiger partial charge in [-0.3, -0.25) is 0 Å². The van der Waals surface area contributed by atoms with E-state index >= 15 is 0 Å². The summed E-state index contributed by atoms with van der Waals surface area (Å²) in [6.45, 7) is 0. The number of thioether (sulfide) groups is 2. The van der Waals surface area contributed by atoms with E-state index < -0.39 is 0 Å². The molecule has 0 saturated carbocycles. The largest absolute Gasteiger partial charge is 0.144 e. The van der Waals surface area contributed by atoms with E-state index in [0.717, 1.165) is 0 Å². The monoisotopic (exact) mass is 280 g/mol. The molecule has 2 aromatic heterocycles. The van der Waals surface area contributed by atoms with E-state index in [-0.39, 0.29) is 0 Å². The highest BCUT2D eigenvalue weighted by Gasteiger charge is 2.14. The van der Waals surface area contributed by atoms with Gasteiger partial charge in [-0.05, 0) is 34.4 Å². The highest BCUT2D eigenvalue weighted by molar-refractivity contribution is 8.31. The lowest BCUT2D eigenvalue weighted by atomic mass is 10.5. The molecule has 0 nitrogen and oxygen atoms in total. The van der Waals surface area contributed by atoms with Crippen LogP contribution in [0.4, 0.5) is 0 Å². The number of thiophene rings is 2. The predicted octanol–water partition coefficient (Wildman–Crippen LogP) is 5.59. The molecule has 0 amide bonds. The minimum absolute atomic E-state index is 1.33. The molecule has 0 atom stereocenters. The molecular weight excluding hydrogens is 272 g/mol. The molecule has 1 aliphatic heterocycles. The van der Waals surface area contributed by atoms with Crippen LogP contribution in [0.25, 0.3) is 11.0 Å². The summed E-state index contributed by atoms with van der Waals surface area (Å²) >= 11 is 7.28. The predicted molar refractivity (Wildman–Crippen MR) is 79.8 cm³/mol. The van der Waals surface area contributed by atoms with Crippen LogP contribution in [-0.2, 0) is 0 Å². The van der Waals surface area contributed by atoms with Gasteiger partial charge in [0.1, 0.15) is 0 Å². The molecule has 0 spiro atoms. The van der Waals surface area contributed by atoms with E-state index in [1.807, 2.05) is 23.5 Å². The van der Waals surface area contributed by atoms with Crippen LogP contribution in [0.15, 0.2) is 44.7 Å². The third-order valence-electron chi connectivity index (χ3n) is 2.06. The van der Waals surface area contributed by atoms with E-state index in [1.165, 1.54) is 18.9 Å². The van der Waals surface area contributed by atoms with Gasteiger partial charge in [0.25, 0.3) is 0 Å². The summed E-state index contributed by atoms with van der Waals surface area (Å²) in [6.07, 6.45) is 2.26. The molecule has 4 heteroatoms. The molecule has 0 aliphatic carbocycles. The first kappa shape index (κ1) is 10.7. The van der Waals surface area contributed by atoms with E-state index in [2.05, 4.69) is 46.5 Å². The standard InChI is InChI=1S/C12H8S4/c1-3-9(13-5-1)7-12-15-8-11(16-12)10-4-2-6-14-10/h1-8H/b12-7+. The van der Waals surface area contributed by atoms with Crippen LogP contribution in [0.3, 0.4) is 0 Å². The maximum Gasteiger partial charge on any atom is 0.0507 e. The summed E-state index contributed by atoms with van der Waals surface area (Å²) in [5.74, 6) is 0.